The van der Waals surface area contributed by atoms with Crippen molar-refractivity contribution in [2.75, 3.05) is 53.2 Å². The predicted molar refractivity (Wildman–Crippen MR) is 114 cm³/mol. The van der Waals surface area contributed by atoms with Crippen LogP contribution in [0.15, 0.2) is 0 Å². The zero-order chi connectivity index (χ0) is 20.7. The summed E-state index contributed by atoms with van der Waals surface area (Å²) in [5, 5.41) is 4.99. The van der Waals surface area contributed by atoms with E-state index < -0.39 is 0 Å². The molecule has 2 aliphatic rings. The molecule has 1 fully saturated rings. The Bertz CT molecular complexity index is 616. The maximum Gasteiger partial charge on any atom is 0.0888 e. The summed E-state index contributed by atoms with van der Waals surface area (Å²) >= 11 is 0. The first kappa shape index (κ1) is 22.7. The van der Waals surface area contributed by atoms with Gasteiger partial charge in [-0.25, -0.2) is 0 Å². The molecule has 166 valence electrons. The summed E-state index contributed by atoms with van der Waals surface area (Å²) < 4.78 is 19.7. The zero-order valence-corrected chi connectivity index (χ0v) is 18.6. The third kappa shape index (κ3) is 5.58. The van der Waals surface area contributed by atoms with Crippen LogP contribution in [0.4, 0.5) is 0 Å². The number of rotatable bonds is 11. The Kier molecular flexibility index (Phi) is 8.50. The van der Waals surface area contributed by atoms with Gasteiger partial charge >= 0.3 is 0 Å². The van der Waals surface area contributed by atoms with Gasteiger partial charge in [-0.2, -0.15) is 5.10 Å². The predicted octanol–water partition coefficient (Wildman–Crippen LogP) is 2.52. The molecule has 7 heteroatoms. The van der Waals surface area contributed by atoms with E-state index in [0.717, 1.165) is 78.4 Å². The number of likely N-dealkylation sites (N-methyl/N-ethyl adjacent to an activating group) is 1. The van der Waals surface area contributed by atoms with Crippen molar-refractivity contribution in [1.82, 2.24) is 14.7 Å². The Morgan fingerprint density at radius 2 is 1.90 bits per heavy atom. The van der Waals surface area contributed by atoms with Crippen molar-refractivity contribution < 1.29 is 14.2 Å². The van der Waals surface area contributed by atoms with Crippen LogP contribution in [0, 0.1) is 5.41 Å². The summed E-state index contributed by atoms with van der Waals surface area (Å²) in [7, 11) is 2.13. The summed E-state index contributed by atoms with van der Waals surface area (Å²) in [5.41, 5.74) is 9.86. The van der Waals surface area contributed by atoms with Gasteiger partial charge in [0.25, 0.3) is 0 Å². The highest BCUT2D eigenvalue weighted by molar-refractivity contribution is 5.31. The van der Waals surface area contributed by atoms with Crippen LogP contribution in [0.1, 0.15) is 62.4 Å². The minimum absolute atomic E-state index is 0.156. The van der Waals surface area contributed by atoms with E-state index in [-0.39, 0.29) is 5.41 Å². The van der Waals surface area contributed by atoms with Crippen molar-refractivity contribution in [2.45, 2.75) is 65.1 Å². The van der Waals surface area contributed by atoms with Crippen LogP contribution in [0.3, 0.4) is 0 Å². The Labute approximate surface area is 175 Å². The molecular formula is C22H40N4O3. The van der Waals surface area contributed by atoms with Crippen LogP contribution in [0.2, 0.25) is 0 Å². The fourth-order valence-corrected chi connectivity index (χ4v) is 4.85. The van der Waals surface area contributed by atoms with Crippen LogP contribution in [-0.2, 0) is 33.9 Å². The van der Waals surface area contributed by atoms with Crippen LogP contribution in [0.25, 0.3) is 0 Å². The lowest BCUT2D eigenvalue weighted by atomic mass is 9.69. The Balaban J connectivity index is 1.77. The van der Waals surface area contributed by atoms with E-state index >= 15 is 0 Å². The monoisotopic (exact) mass is 408 g/mol. The van der Waals surface area contributed by atoms with Gasteiger partial charge in [0.05, 0.1) is 44.4 Å². The van der Waals surface area contributed by atoms with Crippen LogP contribution >= 0.6 is 0 Å². The van der Waals surface area contributed by atoms with Gasteiger partial charge in [-0.3, -0.25) is 9.58 Å². The SMILES string of the molecule is CCOCC1(COCC)CCC(c2c(CN(C)CCN)nn3c2COCC3)CC1. The van der Waals surface area contributed by atoms with Gasteiger partial charge < -0.3 is 19.9 Å². The van der Waals surface area contributed by atoms with E-state index in [4.69, 9.17) is 25.0 Å². The van der Waals surface area contributed by atoms with E-state index in [1.54, 1.807) is 0 Å². The average molecular weight is 409 g/mol. The summed E-state index contributed by atoms with van der Waals surface area (Å²) in [5.74, 6) is 0.540. The number of nitrogens with two attached hydrogens (primary N) is 1. The van der Waals surface area contributed by atoms with Crippen molar-refractivity contribution in [1.29, 1.82) is 0 Å². The number of nitrogens with zero attached hydrogens (tertiary/aromatic N) is 3. The van der Waals surface area contributed by atoms with Gasteiger partial charge in [-0.1, -0.05) is 0 Å². The van der Waals surface area contributed by atoms with E-state index in [0.29, 0.717) is 19.1 Å². The third-order valence-electron chi connectivity index (χ3n) is 6.47. The van der Waals surface area contributed by atoms with Crippen molar-refractivity contribution in [3.63, 3.8) is 0 Å². The summed E-state index contributed by atoms with van der Waals surface area (Å²) in [6.45, 7) is 12.0. The molecule has 1 aliphatic carbocycles. The fraction of sp³-hybridized carbons (Fsp3) is 0.864. The van der Waals surface area contributed by atoms with Gasteiger partial charge in [0, 0.05) is 43.8 Å². The quantitative estimate of drug-likeness (QED) is 0.606. The average Bonchev–Trinajstić information content (AvgIpc) is 3.09. The molecule has 3 rings (SSSR count). The molecular weight excluding hydrogens is 368 g/mol. The summed E-state index contributed by atoms with van der Waals surface area (Å²) in [4.78, 5) is 2.27. The molecule has 1 aromatic rings. The molecule has 0 aromatic carbocycles. The molecule has 0 bridgehead atoms. The number of ether oxygens (including phenoxy) is 3. The smallest absolute Gasteiger partial charge is 0.0888 e. The zero-order valence-electron chi connectivity index (χ0n) is 18.6. The van der Waals surface area contributed by atoms with Crippen molar-refractivity contribution in [2.24, 2.45) is 11.1 Å². The lowest BCUT2D eigenvalue weighted by Crippen LogP contribution is -2.36. The Hall–Kier alpha value is -0.990. The maximum atomic E-state index is 5.86. The first-order chi connectivity index (χ1) is 14.1. The van der Waals surface area contributed by atoms with Crippen LogP contribution in [0.5, 0.6) is 0 Å². The highest BCUT2D eigenvalue weighted by atomic mass is 16.5. The number of hydrogen-bond acceptors (Lipinski definition) is 6. The van der Waals surface area contributed by atoms with E-state index in [9.17, 15) is 0 Å². The third-order valence-corrected chi connectivity index (χ3v) is 6.47. The van der Waals surface area contributed by atoms with Gasteiger partial charge in [0.2, 0.25) is 0 Å². The highest BCUT2D eigenvalue weighted by Crippen LogP contribution is 2.45. The molecule has 0 unspecified atom stereocenters. The molecule has 0 saturated heterocycles. The van der Waals surface area contributed by atoms with Crippen LogP contribution in [-0.4, -0.2) is 67.9 Å². The number of hydrogen-bond donors (Lipinski definition) is 1. The second kappa shape index (κ2) is 10.9. The fourth-order valence-electron chi connectivity index (χ4n) is 4.85. The molecule has 0 atom stereocenters. The molecule has 1 saturated carbocycles. The van der Waals surface area contributed by atoms with Gasteiger partial charge in [-0.05, 0) is 52.5 Å². The van der Waals surface area contributed by atoms with Crippen molar-refractivity contribution in [3.8, 4) is 0 Å². The van der Waals surface area contributed by atoms with Gasteiger partial charge in [0.1, 0.15) is 0 Å². The van der Waals surface area contributed by atoms with Crippen LogP contribution < -0.4 is 5.73 Å². The van der Waals surface area contributed by atoms with E-state index in [2.05, 4.69) is 30.5 Å². The second-order valence-corrected chi connectivity index (χ2v) is 8.66. The number of fused-ring (bicyclic) bond motifs is 1. The molecule has 2 N–H and O–H groups in total. The minimum atomic E-state index is 0.156. The molecule has 29 heavy (non-hydrogen) atoms. The molecule has 7 nitrogen and oxygen atoms in total. The van der Waals surface area contributed by atoms with Crippen molar-refractivity contribution in [3.05, 3.63) is 17.0 Å². The van der Waals surface area contributed by atoms with Gasteiger partial charge in [0.15, 0.2) is 0 Å². The number of aromatic nitrogens is 2. The first-order valence-corrected chi connectivity index (χ1v) is 11.3. The molecule has 0 amide bonds. The highest BCUT2D eigenvalue weighted by Gasteiger charge is 2.38. The summed E-state index contributed by atoms with van der Waals surface area (Å²) in [6.07, 6.45) is 4.60. The second-order valence-electron chi connectivity index (χ2n) is 8.66. The summed E-state index contributed by atoms with van der Waals surface area (Å²) in [6, 6.07) is 0. The maximum absolute atomic E-state index is 5.86. The lowest BCUT2D eigenvalue weighted by Gasteiger charge is -2.40. The van der Waals surface area contributed by atoms with Crippen molar-refractivity contribution >= 4 is 0 Å². The standard InChI is InChI=1S/C22H40N4O3/c1-4-27-16-22(17-28-5-2)8-6-18(7-9-22)21-19(14-25(3)11-10-23)24-26-12-13-29-15-20(21)26/h18H,4-17,23H2,1-3H3. The molecule has 0 spiro atoms. The Morgan fingerprint density at radius 1 is 1.21 bits per heavy atom. The molecule has 0 radical (unpaired) electrons. The largest absolute Gasteiger partial charge is 0.381 e. The van der Waals surface area contributed by atoms with E-state index in [1.165, 1.54) is 17.0 Å². The molecule has 1 aliphatic heterocycles. The Morgan fingerprint density at radius 3 is 2.52 bits per heavy atom. The topological polar surface area (TPSA) is 74.8 Å². The minimum Gasteiger partial charge on any atom is -0.381 e. The van der Waals surface area contributed by atoms with Gasteiger partial charge in [-0.15, -0.1) is 0 Å². The first-order valence-electron chi connectivity index (χ1n) is 11.3. The molecule has 2 heterocycles. The lowest BCUT2D eigenvalue weighted by molar-refractivity contribution is -0.0397. The normalized spacial score (nSPS) is 19.6. The molecule has 1 aromatic heterocycles. The van der Waals surface area contributed by atoms with E-state index in [1.807, 2.05) is 0 Å².